The number of hydrogen-bond acceptors (Lipinski definition) is 7. The Labute approximate surface area is 180 Å². The van der Waals surface area contributed by atoms with E-state index in [1.165, 1.54) is 22.6 Å². The van der Waals surface area contributed by atoms with Crippen molar-refractivity contribution in [3.63, 3.8) is 0 Å². The molecule has 0 unspecified atom stereocenters. The molecule has 1 aromatic carbocycles. The number of pyridine rings is 1. The molecule has 0 radical (unpaired) electrons. The molecule has 164 valence electrons. The van der Waals surface area contributed by atoms with Gasteiger partial charge >= 0.3 is 5.97 Å². The lowest BCUT2D eigenvalue weighted by molar-refractivity contribution is -0.119. The van der Waals surface area contributed by atoms with Gasteiger partial charge in [0.1, 0.15) is 5.82 Å². The van der Waals surface area contributed by atoms with Crippen molar-refractivity contribution in [1.29, 1.82) is 0 Å². The van der Waals surface area contributed by atoms with Gasteiger partial charge in [-0.1, -0.05) is 6.07 Å². The molecule has 0 atom stereocenters. The smallest absolute Gasteiger partial charge is 0.340 e. The first kappa shape index (κ1) is 21.3. The lowest BCUT2D eigenvalue weighted by Gasteiger charge is -2.16. The van der Waals surface area contributed by atoms with Crippen LogP contribution in [-0.2, 0) is 19.6 Å². The molecule has 1 aliphatic carbocycles. The molecule has 4 rings (SSSR count). The highest BCUT2D eigenvalue weighted by molar-refractivity contribution is 7.89. The van der Waals surface area contributed by atoms with Gasteiger partial charge in [0, 0.05) is 31.0 Å². The maximum absolute atomic E-state index is 12.7. The summed E-state index contributed by atoms with van der Waals surface area (Å²) in [6.07, 6.45) is 5.32. The van der Waals surface area contributed by atoms with Crippen LogP contribution in [0.1, 0.15) is 36.0 Å². The quantitative estimate of drug-likeness (QED) is 0.600. The Kier molecular flexibility index (Phi) is 6.19. The monoisotopic (exact) mass is 444 g/mol. The summed E-state index contributed by atoms with van der Waals surface area (Å²) in [6, 6.07) is 9.79. The maximum atomic E-state index is 12.7. The highest BCUT2D eigenvalue weighted by atomic mass is 32.2. The molecular weight excluding hydrogens is 420 g/mol. The number of nitrogens with zero attached hydrogens (tertiary/aromatic N) is 2. The molecule has 1 aromatic heterocycles. The van der Waals surface area contributed by atoms with Crippen LogP contribution in [0.4, 0.5) is 11.5 Å². The highest BCUT2D eigenvalue weighted by Gasteiger charge is 2.27. The van der Waals surface area contributed by atoms with Crippen LogP contribution in [0.15, 0.2) is 47.5 Å². The second-order valence-corrected chi connectivity index (χ2v) is 9.55. The number of carbonyl (C=O) groups excluding carboxylic acids is 2. The Morgan fingerprint density at radius 3 is 2.58 bits per heavy atom. The van der Waals surface area contributed by atoms with Crippen LogP contribution in [0.2, 0.25) is 0 Å². The fraction of sp³-hybridized carbons (Fsp3) is 0.381. The van der Waals surface area contributed by atoms with Gasteiger partial charge in [0.15, 0.2) is 6.61 Å². The van der Waals surface area contributed by atoms with E-state index in [0.29, 0.717) is 30.6 Å². The van der Waals surface area contributed by atoms with Crippen molar-refractivity contribution in [1.82, 2.24) is 9.29 Å². The minimum Gasteiger partial charge on any atom is -0.452 e. The van der Waals surface area contributed by atoms with Gasteiger partial charge in [-0.25, -0.2) is 18.2 Å². The van der Waals surface area contributed by atoms with E-state index in [9.17, 15) is 18.0 Å². The highest BCUT2D eigenvalue weighted by Crippen LogP contribution is 2.24. The number of hydrogen-bond donors (Lipinski definition) is 2. The summed E-state index contributed by atoms with van der Waals surface area (Å²) in [4.78, 5) is 28.6. The third-order valence-electron chi connectivity index (χ3n) is 5.08. The van der Waals surface area contributed by atoms with E-state index in [1.54, 1.807) is 24.3 Å². The molecule has 2 aliphatic rings. The van der Waals surface area contributed by atoms with E-state index in [-0.39, 0.29) is 10.5 Å². The largest absolute Gasteiger partial charge is 0.452 e. The number of sulfonamides is 1. The van der Waals surface area contributed by atoms with Crippen molar-refractivity contribution in [3.05, 3.63) is 48.2 Å². The van der Waals surface area contributed by atoms with Crippen LogP contribution in [0.5, 0.6) is 0 Å². The number of amides is 1. The topological polar surface area (TPSA) is 118 Å². The normalized spacial score (nSPS) is 16.6. The van der Waals surface area contributed by atoms with Gasteiger partial charge in [0.2, 0.25) is 10.0 Å². The Bertz CT molecular complexity index is 1060. The van der Waals surface area contributed by atoms with Crippen molar-refractivity contribution < 1.29 is 22.7 Å². The summed E-state index contributed by atoms with van der Waals surface area (Å²) in [5.74, 6) is -0.532. The van der Waals surface area contributed by atoms with E-state index >= 15 is 0 Å². The Morgan fingerprint density at radius 2 is 1.90 bits per heavy atom. The lowest BCUT2D eigenvalue weighted by Crippen LogP contribution is -2.28. The van der Waals surface area contributed by atoms with E-state index in [0.717, 1.165) is 25.7 Å². The fourth-order valence-corrected chi connectivity index (χ4v) is 4.82. The molecule has 1 amide bonds. The molecule has 2 fully saturated rings. The van der Waals surface area contributed by atoms with Crippen molar-refractivity contribution in [2.45, 2.75) is 36.6 Å². The first-order chi connectivity index (χ1) is 14.9. The zero-order valence-corrected chi connectivity index (χ0v) is 17.7. The first-order valence-corrected chi connectivity index (χ1v) is 11.7. The van der Waals surface area contributed by atoms with Gasteiger partial charge in [-0.05, 0) is 56.0 Å². The van der Waals surface area contributed by atoms with Gasteiger partial charge < -0.3 is 15.4 Å². The molecular formula is C21H24N4O5S. The minimum absolute atomic E-state index is 0.121. The summed E-state index contributed by atoms with van der Waals surface area (Å²) in [6.45, 7) is 0.507. The van der Waals surface area contributed by atoms with Crippen LogP contribution in [0, 0.1) is 0 Å². The summed E-state index contributed by atoms with van der Waals surface area (Å²) < 4.78 is 31.8. The number of carbonyl (C=O) groups is 2. The van der Waals surface area contributed by atoms with Gasteiger partial charge in [-0.15, -0.1) is 0 Å². The number of ether oxygens (including phenoxy) is 1. The molecule has 2 heterocycles. The van der Waals surface area contributed by atoms with Crippen molar-refractivity contribution in [2.75, 3.05) is 30.3 Å². The minimum atomic E-state index is -3.58. The number of rotatable bonds is 8. The zero-order chi connectivity index (χ0) is 21.8. The van der Waals surface area contributed by atoms with Gasteiger partial charge in [-0.3, -0.25) is 4.79 Å². The standard InChI is InChI=1S/C21H24N4O5S/c26-20(14-30-21(27)15-6-9-19(22-13-15)23-16-7-8-16)24-17-4-3-5-18(12-17)31(28,29)25-10-1-2-11-25/h3-6,9,12-13,16H,1-2,7-8,10-11,14H2,(H,22,23)(H,24,26). The number of anilines is 2. The molecule has 1 saturated heterocycles. The van der Waals surface area contributed by atoms with Crippen molar-refractivity contribution >= 4 is 33.4 Å². The average Bonchev–Trinajstić information content (AvgIpc) is 3.39. The first-order valence-electron chi connectivity index (χ1n) is 10.2. The number of esters is 1. The molecule has 1 saturated carbocycles. The summed E-state index contributed by atoms with van der Waals surface area (Å²) in [5, 5.41) is 5.78. The van der Waals surface area contributed by atoms with Gasteiger partial charge in [0.05, 0.1) is 10.5 Å². The number of nitrogens with one attached hydrogen (secondary N) is 2. The van der Waals surface area contributed by atoms with Crippen LogP contribution < -0.4 is 10.6 Å². The van der Waals surface area contributed by atoms with Gasteiger partial charge in [0.25, 0.3) is 5.91 Å². The predicted molar refractivity (Wildman–Crippen MR) is 114 cm³/mol. The third-order valence-corrected chi connectivity index (χ3v) is 6.98. The van der Waals surface area contributed by atoms with E-state index in [4.69, 9.17) is 4.74 Å². The summed E-state index contributed by atoms with van der Waals surface area (Å²) >= 11 is 0. The van der Waals surface area contributed by atoms with Crippen LogP contribution >= 0.6 is 0 Å². The molecule has 2 N–H and O–H groups in total. The second-order valence-electron chi connectivity index (χ2n) is 7.61. The van der Waals surface area contributed by atoms with Crippen LogP contribution in [0.25, 0.3) is 0 Å². The number of aromatic nitrogens is 1. The van der Waals surface area contributed by atoms with Gasteiger partial charge in [-0.2, -0.15) is 4.31 Å². The fourth-order valence-electron chi connectivity index (χ4n) is 3.26. The summed E-state index contributed by atoms with van der Waals surface area (Å²) in [5.41, 5.74) is 0.561. The van der Waals surface area contributed by atoms with Crippen LogP contribution in [0.3, 0.4) is 0 Å². The SMILES string of the molecule is O=C(COC(=O)c1ccc(NC2CC2)nc1)Nc1cccc(S(=O)(=O)N2CCCC2)c1. The van der Waals surface area contributed by atoms with Crippen LogP contribution in [-0.4, -0.2) is 55.3 Å². The van der Waals surface area contributed by atoms with E-state index in [2.05, 4.69) is 15.6 Å². The molecule has 1 aliphatic heterocycles. The zero-order valence-electron chi connectivity index (χ0n) is 16.9. The summed E-state index contributed by atoms with van der Waals surface area (Å²) in [7, 11) is -3.58. The maximum Gasteiger partial charge on any atom is 0.340 e. The molecule has 31 heavy (non-hydrogen) atoms. The molecule has 0 bridgehead atoms. The number of benzene rings is 1. The molecule has 2 aromatic rings. The molecule has 9 nitrogen and oxygen atoms in total. The van der Waals surface area contributed by atoms with E-state index < -0.39 is 28.5 Å². The predicted octanol–water partition coefficient (Wildman–Crippen LogP) is 2.24. The van der Waals surface area contributed by atoms with Crippen molar-refractivity contribution in [2.24, 2.45) is 0 Å². The molecule has 0 spiro atoms. The Morgan fingerprint density at radius 1 is 1.13 bits per heavy atom. The Balaban J connectivity index is 1.31. The van der Waals surface area contributed by atoms with Crippen molar-refractivity contribution in [3.8, 4) is 0 Å². The molecule has 10 heteroatoms. The Hall–Kier alpha value is -2.98. The average molecular weight is 445 g/mol. The lowest BCUT2D eigenvalue weighted by atomic mass is 10.3. The van der Waals surface area contributed by atoms with E-state index in [1.807, 2.05) is 0 Å². The second kappa shape index (κ2) is 9.03. The third kappa shape index (κ3) is 5.39.